The number of alkyl halides is 3. The number of ether oxygens (including phenoxy) is 3. The third kappa shape index (κ3) is 9.94. The van der Waals surface area contributed by atoms with Crippen molar-refractivity contribution in [1.29, 1.82) is 0 Å². The van der Waals surface area contributed by atoms with E-state index in [1.165, 1.54) is 12.3 Å². The number of nitrogens with one attached hydrogen (secondary N) is 2. The average molecular weight is 554 g/mol. The fraction of sp³-hybridized carbons (Fsp3) is 0.400. The molecule has 1 atom stereocenters. The van der Waals surface area contributed by atoms with E-state index in [-0.39, 0.29) is 36.0 Å². The zero-order valence-electron chi connectivity index (χ0n) is 17.4. The van der Waals surface area contributed by atoms with E-state index in [0.29, 0.717) is 30.5 Å². The molecule has 0 aliphatic rings. The van der Waals surface area contributed by atoms with Crippen LogP contribution in [0.15, 0.2) is 47.6 Å². The Labute approximate surface area is 196 Å². The van der Waals surface area contributed by atoms with Gasteiger partial charge in [0.2, 0.25) is 5.88 Å². The minimum Gasteiger partial charge on any atom is -0.493 e. The van der Waals surface area contributed by atoms with Gasteiger partial charge in [-0.05, 0) is 24.6 Å². The van der Waals surface area contributed by atoms with E-state index < -0.39 is 12.8 Å². The summed E-state index contributed by atoms with van der Waals surface area (Å²) in [6.07, 6.45) is -3.11. The molecular formula is C20H26F3IN4O3. The van der Waals surface area contributed by atoms with Gasteiger partial charge in [-0.15, -0.1) is 24.0 Å². The predicted molar refractivity (Wildman–Crippen MR) is 122 cm³/mol. The highest BCUT2D eigenvalue weighted by atomic mass is 127. The highest BCUT2D eigenvalue weighted by Crippen LogP contribution is 2.26. The Morgan fingerprint density at radius 3 is 2.42 bits per heavy atom. The Morgan fingerprint density at radius 2 is 1.84 bits per heavy atom. The van der Waals surface area contributed by atoms with Crippen molar-refractivity contribution in [1.82, 2.24) is 15.6 Å². The van der Waals surface area contributed by atoms with Crippen molar-refractivity contribution in [2.75, 3.05) is 27.3 Å². The number of benzene rings is 1. The van der Waals surface area contributed by atoms with Crippen LogP contribution >= 0.6 is 24.0 Å². The predicted octanol–water partition coefficient (Wildman–Crippen LogP) is 3.78. The largest absolute Gasteiger partial charge is 0.493 e. The maximum atomic E-state index is 12.2. The molecule has 0 bridgehead atoms. The molecule has 2 rings (SSSR count). The normalized spacial score (nSPS) is 12.4. The number of pyridine rings is 1. The van der Waals surface area contributed by atoms with Crippen molar-refractivity contribution in [3.8, 4) is 17.4 Å². The first-order valence-electron chi connectivity index (χ1n) is 9.19. The third-order valence-corrected chi connectivity index (χ3v) is 3.82. The second-order valence-corrected chi connectivity index (χ2v) is 6.29. The SMILES string of the molecule is CN=C(NCc1ccc(OCC(F)(F)F)nc1)NCC(C)Oc1ccccc1OC.I. The molecule has 0 spiro atoms. The molecule has 0 aliphatic carbocycles. The Balaban J connectivity index is 0.00000480. The summed E-state index contributed by atoms with van der Waals surface area (Å²) >= 11 is 0. The molecule has 1 heterocycles. The number of rotatable bonds is 9. The van der Waals surface area contributed by atoms with Gasteiger partial charge in [0.05, 0.1) is 13.7 Å². The second kappa shape index (κ2) is 13.1. The number of aromatic nitrogens is 1. The molecule has 1 aromatic heterocycles. The second-order valence-electron chi connectivity index (χ2n) is 6.29. The lowest BCUT2D eigenvalue weighted by molar-refractivity contribution is -0.154. The summed E-state index contributed by atoms with van der Waals surface area (Å²) in [4.78, 5) is 8.00. The minimum absolute atomic E-state index is 0. The Kier molecular flexibility index (Phi) is 11.2. The lowest BCUT2D eigenvalue weighted by atomic mass is 10.3. The average Bonchev–Trinajstić information content (AvgIpc) is 2.73. The summed E-state index contributed by atoms with van der Waals surface area (Å²) in [6.45, 7) is 1.41. The number of nitrogens with zero attached hydrogens (tertiary/aromatic N) is 2. The van der Waals surface area contributed by atoms with Crippen molar-refractivity contribution < 1.29 is 27.4 Å². The first-order chi connectivity index (χ1) is 14.3. The van der Waals surface area contributed by atoms with E-state index in [1.54, 1.807) is 20.2 Å². The van der Waals surface area contributed by atoms with Crippen LogP contribution in [0.3, 0.4) is 0 Å². The van der Waals surface area contributed by atoms with Crippen molar-refractivity contribution in [2.24, 2.45) is 4.99 Å². The smallest absolute Gasteiger partial charge is 0.422 e. The maximum absolute atomic E-state index is 12.2. The first kappa shape index (κ1) is 26.6. The number of guanidine groups is 1. The fourth-order valence-electron chi connectivity index (χ4n) is 2.38. The summed E-state index contributed by atoms with van der Waals surface area (Å²) < 4.78 is 52.2. The standard InChI is InChI=1S/C20H25F3N4O3.HI/c1-14(30-17-7-5-4-6-16(17)28-3)10-26-19(24-2)27-12-15-8-9-18(25-11-15)29-13-20(21,22)23;/h4-9,11,14H,10,12-13H2,1-3H3,(H2,24,26,27);1H. The number of para-hydroxylation sites is 2. The molecule has 0 radical (unpaired) electrons. The van der Waals surface area contributed by atoms with Gasteiger partial charge < -0.3 is 24.8 Å². The highest BCUT2D eigenvalue weighted by Gasteiger charge is 2.28. The van der Waals surface area contributed by atoms with Gasteiger partial charge in [0, 0.05) is 25.9 Å². The molecule has 31 heavy (non-hydrogen) atoms. The van der Waals surface area contributed by atoms with Crippen molar-refractivity contribution in [3.05, 3.63) is 48.2 Å². The molecule has 11 heteroatoms. The topological polar surface area (TPSA) is 77.0 Å². The van der Waals surface area contributed by atoms with Crippen LogP contribution in [-0.2, 0) is 6.54 Å². The van der Waals surface area contributed by atoms with E-state index >= 15 is 0 Å². The van der Waals surface area contributed by atoms with Crippen LogP contribution in [0.1, 0.15) is 12.5 Å². The van der Waals surface area contributed by atoms with E-state index in [1.807, 2.05) is 31.2 Å². The zero-order valence-corrected chi connectivity index (χ0v) is 19.7. The molecule has 0 aliphatic heterocycles. The van der Waals surface area contributed by atoms with Crippen LogP contribution < -0.4 is 24.8 Å². The van der Waals surface area contributed by atoms with Crippen LogP contribution in [0, 0.1) is 0 Å². The molecule has 1 aromatic carbocycles. The van der Waals surface area contributed by atoms with Gasteiger partial charge in [0.15, 0.2) is 24.1 Å². The van der Waals surface area contributed by atoms with Crippen molar-refractivity contribution in [2.45, 2.75) is 25.7 Å². The van der Waals surface area contributed by atoms with E-state index in [0.717, 1.165) is 5.56 Å². The molecule has 0 amide bonds. The van der Waals surface area contributed by atoms with Gasteiger partial charge in [-0.25, -0.2) is 4.98 Å². The van der Waals surface area contributed by atoms with Gasteiger partial charge in [-0.3, -0.25) is 4.99 Å². The van der Waals surface area contributed by atoms with E-state index in [9.17, 15) is 13.2 Å². The van der Waals surface area contributed by atoms with Crippen LogP contribution in [-0.4, -0.2) is 50.5 Å². The zero-order chi connectivity index (χ0) is 22.0. The molecular weight excluding hydrogens is 528 g/mol. The van der Waals surface area contributed by atoms with Crippen molar-refractivity contribution >= 4 is 29.9 Å². The number of aliphatic imine (C=N–C) groups is 1. The number of methoxy groups -OCH3 is 1. The quantitative estimate of drug-likeness (QED) is 0.279. The van der Waals surface area contributed by atoms with Gasteiger partial charge in [0.25, 0.3) is 0 Å². The maximum Gasteiger partial charge on any atom is 0.422 e. The van der Waals surface area contributed by atoms with E-state index in [2.05, 4.69) is 25.3 Å². The molecule has 7 nitrogen and oxygen atoms in total. The molecule has 0 fully saturated rings. The van der Waals surface area contributed by atoms with Crippen LogP contribution in [0.2, 0.25) is 0 Å². The van der Waals surface area contributed by atoms with Gasteiger partial charge in [-0.1, -0.05) is 18.2 Å². The minimum atomic E-state index is -4.40. The van der Waals surface area contributed by atoms with E-state index in [4.69, 9.17) is 9.47 Å². The molecule has 0 saturated carbocycles. The van der Waals surface area contributed by atoms with Crippen LogP contribution in [0.4, 0.5) is 13.2 Å². The van der Waals surface area contributed by atoms with Gasteiger partial charge >= 0.3 is 6.18 Å². The van der Waals surface area contributed by atoms with Crippen molar-refractivity contribution in [3.63, 3.8) is 0 Å². The van der Waals surface area contributed by atoms with Crippen LogP contribution in [0.25, 0.3) is 0 Å². The lowest BCUT2D eigenvalue weighted by Gasteiger charge is -2.19. The van der Waals surface area contributed by atoms with Gasteiger partial charge in [-0.2, -0.15) is 13.2 Å². The summed E-state index contributed by atoms with van der Waals surface area (Å²) in [5.74, 6) is 1.77. The summed E-state index contributed by atoms with van der Waals surface area (Å²) in [6, 6.07) is 10.4. The molecule has 1 unspecified atom stereocenters. The Bertz CT molecular complexity index is 820. The summed E-state index contributed by atoms with van der Waals surface area (Å²) in [7, 11) is 3.22. The Morgan fingerprint density at radius 1 is 1.13 bits per heavy atom. The molecule has 2 N–H and O–H groups in total. The summed E-state index contributed by atoms with van der Waals surface area (Å²) in [5, 5.41) is 6.25. The Hall–Kier alpha value is -2.44. The fourth-order valence-corrected chi connectivity index (χ4v) is 2.38. The highest BCUT2D eigenvalue weighted by molar-refractivity contribution is 14.0. The van der Waals surface area contributed by atoms with Crippen LogP contribution in [0.5, 0.6) is 17.4 Å². The number of halogens is 4. The molecule has 0 saturated heterocycles. The lowest BCUT2D eigenvalue weighted by Crippen LogP contribution is -2.41. The number of hydrogen-bond acceptors (Lipinski definition) is 5. The van der Waals surface area contributed by atoms with Gasteiger partial charge in [0.1, 0.15) is 6.10 Å². The first-order valence-corrected chi connectivity index (χ1v) is 9.19. The number of hydrogen-bond donors (Lipinski definition) is 2. The molecule has 2 aromatic rings. The third-order valence-electron chi connectivity index (χ3n) is 3.82. The monoisotopic (exact) mass is 554 g/mol. The molecule has 172 valence electrons. The summed E-state index contributed by atoms with van der Waals surface area (Å²) in [5.41, 5.74) is 0.760.